The number of carbonyl (C=O) groups is 1. The van der Waals surface area contributed by atoms with Gasteiger partial charge in [-0.05, 0) is 60.5 Å². The number of nitrogens with one attached hydrogen (secondary N) is 2. The molecule has 152 valence electrons. The van der Waals surface area contributed by atoms with Gasteiger partial charge >= 0.3 is 0 Å². The van der Waals surface area contributed by atoms with Crippen LogP contribution in [-0.2, 0) is 0 Å². The number of pyridine rings is 1. The Hall–Kier alpha value is -4.46. The van der Waals surface area contributed by atoms with Crippen LogP contribution in [0.3, 0.4) is 0 Å². The zero-order valence-electron chi connectivity index (χ0n) is 16.7. The Kier molecular flexibility index (Phi) is 4.44. The molecule has 0 saturated carbocycles. The number of amides is 1. The fraction of sp³-hybridized carbons (Fsp3) is 0.0435. The van der Waals surface area contributed by atoms with Crippen LogP contribution in [-0.4, -0.2) is 30.9 Å². The average Bonchev–Trinajstić information content (AvgIpc) is 3.37. The molecule has 2 aromatic carbocycles. The third-order valence-corrected chi connectivity index (χ3v) is 5.02. The average molecular weight is 409 g/mol. The molecule has 0 aliphatic heterocycles. The van der Waals surface area contributed by atoms with Crippen LogP contribution < -0.4 is 11.1 Å². The number of nitrogen functional groups attached to an aromatic ring is 1. The number of aromatic amines is 1. The van der Waals surface area contributed by atoms with Gasteiger partial charge in [0.1, 0.15) is 5.69 Å². The van der Waals surface area contributed by atoms with E-state index in [0.717, 1.165) is 33.4 Å². The minimum atomic E-state index is -0.255. The number of aryl methyl sites for hydroxylation is 1. The first-order chi connectivity index (χ1) is 15.1. The minimum absolute atomic E-state index is 0.255. The standard InChI is InChI=1S/C23H19N7O/c1-14-11-21(30(29-14)18-8-9-20-19(12-18)22(24)28-27-20)23(31)26-17-6-4-15(5-7-17)16-3-2-10-25-13-16/h2-13H,1H3,(H,26,31)(H3,24,27,28). The highest BCUT2D eigenvalue weighted by atomic mass is 16.2. The van der Waals surface area contributed by atoms with Crippen LogP contribution in [0.1, 0.15) is 16.2 Å². The monoisotopic (exact) mass is 409 g/mol. The third kappa shape index (κ3) is 3.51. The molecule has 0 saturated heterocycles. The van der Waals surface area contributed by atoms with E-state index in [0.29, 0.717) is 17.2 Å². The second-order valence-electron chi connectivity index (χ2n) is 7.19. The molecule has 5 rings (SSSR count). The maximum Gasteiger partial charge on any atom is 0.274 e. The summed E-state index contributed by atoms with van der Waals surface area (Å²) in [6, 6.07) is 18.9. The summed E-state index contributed by atoms with van der Waals surface area (Å²) >= 11 is 0. The van der Waals surface area contributed by atoms with E-state index in [1.54, 1.807) is 23.1 Å². The van der Waals surface area contributed by atoms with Gasteiger partial charge in [-0.2, -0.15) is 10.2 Å². The molecule has 0 bridgehead atoms. The first-order valence-corrected chi connectivity index (χ1v) is 9.71. The summed E-state index contributed by atoms with van der Waals surface area (Å²) in [6.07, 6.45) is 3.54. The van der Waals surface area contributed by atoms with Crippen molar-refractivity contribution < 1.29 is 4.79 Å². The van der Waals surface area contributed by atoms with Gasteiger partial charge in [-0.1, -0.05) is 18.2 Å². The maximum absolute atomic E-state index is 13.0. The number of H-pyrrole nitrogens is 1. The molecular weight excluding hydrogens is 390 g/mol. The topological polar surface area (TPSA) is 115 Å². The lowest BCUT2D eigenvalue weighted by Gasteiger charge is -2.09. The van der Waals surface area contributed by atoms with E-state index in [4.69, 9.17) is 5.73 Å². The van der Waals surface area contributed by atoms with Gasteiger partial charge in [-0.15, -0.1) is 0 Å². The van der Waals surface area contributed by atoms with Crippen molar-refractivity contribution in [3.63, 3.8) is 0 Å². The Morgan fingerprint density at radius 3 is 2.68 bits per heavy atom. The molecule has 4 N–H and O–H groups in total. The normalized spacial score (nSPS) is 11.0. The van der Waals surface area contributed by atoms with E-state index < -0.39 is 0 Å². The second-order valence-corrected chi connectivity index (χ2v) is 7.19. The van der Waals surface area contributed by atoms with Gasteiger partial charge in [0.05, 0.1) is 16.9 Å². The largest absolute Gasteiger partial charge is 0.382 e. The lowest BCUT2D eigenvalue weighted by molar-refractivity contribution is 0.101. The molecule has 0 radical (unpaired) electrons. The molecule has 0 aliphatic rings. The molecule has 0 unspecified atom stereocenters. The molecule has 3 heterocycles. The predicted octanol–water partition coefficient (Wildman–Crippen LogP) is 3.95. The van der Waals surface area contributed by atoms with Crippen LogP contribution in [0.15, 0.2) is 73.1 Å². The fourth-order valence-electron chi connectivity index (χ4n) is 3.49. The molecule has 3 aromatic heterocycles. The maximum atomic E-state index is 13.0. The summed E-state index contributed by atoms with van der Waals surface area (Å²) in [5, 5.41) is 15.1. The molecule has 8 heteroatoms. The SMILES string of the molecule is Cc1cc(C(=O)Nc2ccc(-c3cccnc3)cc2)n(-c2ccc3[nH]nc(N)c3c2)n1. The van der Waals surface area contributed by atoms with Gasteiger partial charge in [-0.25, -0.2) is 4.68 Å². The summed E-state index contributed by atoms with van der Waals surface area (Å²) < 4.78 is 1.61. The van der Waals surface area contributed by atoms with Crippen LogP contribution in [0.2, 0.25) is 0 Å². The minimum Gasteiger partial charge on any atom is -0.382 e. The van der Waals surface area contributed by atoms with E-state index in [1.165, 1.54) is 0 Å². The number of hydrogen-bond acceptors (Lipinski definition) is 5. The number of rotatable bonds is 4. The number of anilines is 2. The van der Waals surface area contributed by atoms with Gasteiger partial charge in [-0.3, -0.25) is 14.9 Å². The molecular formula is C23H19N7O. The van der Waals surface area contributed by atoms with E-state index in [9.17, 15) is 4.79 Å². The third-order valence-electron chi connectivity index (χ3n) is 5.02. The number of nitrogens with two attached hydrogens (primary N) is 1. The van der Waals surface area contributed by atoms with Crippen molar-refractivity contribution in [2.24, 2.45) is 0 Å². The van der Waals surface area contributed by atoms with E-state index in [1.807, 2.05) is 61.5 Å². The molecule has 0 aliphatic carbocycles. The highest BCUT2D eigenvalue weighted by Crippen LogP contribution is 2.24. The molecule has 31 heavy (non-hydrogen) atoms. The van der Waals surface area contributed by atoms with E-state index in [2.05, 4.69) is 25.6 Å². The van der Waals surface area contributed by atoms with E-state index in [-0.39, 0.29) is 5.91 Å². The second kappa shape index (κ2) is 7.42. The first kappa shape index (κ1) is 18.6. The lowest BCUT2D eigenvalue weighted by Crippen LogP contribution is -2.17. The lowest BCUT2D eigenvalue weighted by atomic mass is 10.1. The summed E-state index contributed by atoms with van der Waals surface area (Å²) in [5.41, 5.74) is 11.4. The van der Waals surface area contributed by atoms with Crippen molar-refractivity contribution in [3.8, 4) is 16.8 Å². The molecule has 1 amide bonds. The predicted molar refractivity (Wildman–Crippen MR) is 120 cm³/mol. The van der Waals surface area contributed by atoms with E-state index >= 15 is 0 Å². The molecule has 0 spiro atoms. The Bertz CT molecular complexity index is 1390. The summed E-state index contributed by atoms with van der Waals surface area (Å²) in [5.74, 6) is 0.149. The van der Waals surface area contributed by atoms with Crippen LogP contribution >= 0.6 is 0 Å². The smallest absolute Gasteiger partial charge is 0.274 e. The molecule has 5 aromatic rings. The number of benzene rings is 2. The van der Waals surface area contributed by atoms with Crippen LogP contribution in [0.5, 0.6) is 0 Å². The first-order valence-electron chi connectivity index (χ1n) is 9.71. The number of nitrogens with zero attached hydrogens (tertiary/aromatic N) is 4. The number of carbonyl (C=O) groups excluding carboxylic acids is 1. The van der Waals surface area contributed by atoms with Crippen molar-refractivity contribution in [2.75, 3.05) is 11.1 Å². The number of aromatic nitrogens is 5. The van der Waals surface area contributed by atoms with Gasteiger partial charge < -0.3 is 11.1 Å². The van der Waals surface area contributed by atoms with Crippen LogP contribution in [0, 0.1) is 6.92 Å². The quantitative estimate of drug-likeness (QED) is 0.416. The Morgan fingerprint density at radius 2 is 1.90 bits per heavy atom. The van der Waals surface area contributed by atoms with Crippen molar-refractivity contribution >= 4 is 28.3 Å². The van der Waals surface area contributed by atoms with Crippen LogP contribution in [0.4, 0.5) is 11.5 Å². The molecule has 8 nitrogen and oxygen atoms in total. The number of fused-ring (bicyclic) bond motifs is 1. The Balaban J connectivity index is 1.43. The highest BCUT2D eigenvalue weighted by molar-refractivity contribution is 6.03. The summed E-state index contributed by atoms with van der Waals surface area (Å²) in [7, 11) is 0. The van der Waals surface area contributed by atoms with Gasteiger partial charge in [0.25, 0.3) is 5.91 Å². The van der Waals surface area contributed by atoms with Gasteiger partial charge in [0, 0.05) is 23.5 Å². The fourth-order valence-corrected chi connectivity index (χ4v) is 3.49. The number of hydrogen-bond donors (Lipinski definition) is 3. The Labute approximate surface area is 177 Å². The summed E-state index contributed by atoms with van der Waals surface area (Å²) in [6.45, 7) is 1.85. The Morgan fingerprint density at radius 1 is 1.06 bits per heavy atom. The van der Waals surface area contributed by atoms with Crippen molar-refractivity contribution in [1.82, 2.24) is 25.0 Å². The van der Waals surface area contributed by atoms with Crippen molar-refractivity contribution in [2.45, 2.75) is 6.92 Å². The molecule has 0 atom stereocenters. The zero-order valence-corrected chi connectivity index (χ0v) is 16.7. The van der Waals surface area contributed by atoms with Gasteiger partial charge in [0.2, 0.25) is 0 Å². The van der Waals surface area contributed by atoms with Crippen molar-refractivity contribution in [1.29, 1.82) is 0 Å². The highest BCUT2D eigenvalue weighted by Gasteiger charge is 2.17. The van der Waals surface area contributed by atoms with Gasteiger partial charge in [0.15, 0.2) is 5.82 Å². The molecule has 0 fully saturated rings. The zero-order chi connectivity index (χ0) is 21.4. The summed E-state index contributed by atoms with van der Waals surface area (Å²) in [4.78, 5) is 17.2. The van der Waals surface area contributed by atoms with Crippen LogP contribution in [0.25, 0.3) is 27.7 Å². The van der Waals surface area contributed by atoms with Crippen molar-refractivity contribution in [3.05, 3.63) is 84.4 Å².